The quantitative estimate of drug-likeness (QED) is 0.0376. The molecule has 14 aromatic rings. The minimum Gasteiger partial charge on any atom is -0.204 e. The summed E-state index contributed by atoms with van der Waals surface area (Å²) in [4.78, 5) is 0. The standard InChI is InChI=1S/2C42H28F10Si2/c2*1-53(2,41-37(49)33(45)31(43)34(46)38(41)50)27-19-11-9-17-25(27)29-21-13-5-7-15-23(21)30(24-16-8-6-14-22(24)29)26-18-10-12-20-28(26)54(3,4)42-39(51)35(47)32(44)36(48)40(42)52/h2*5-20H,1-4H3. The molecule has 14 aromatic carbocycles. The van der Waals surface area contributed by atoms with Crippen molar-refractivity contribution in [3.63, 3.8) is 0 Å². The van der Waals surface area contributed by atoms with E-state index in [0.717, 1.165) is 0 Å². The Morgan fingerprint density at radius 1 is 0.148 bits per heavy atom. The molecule has 0 bridgehead atoms. The van der Waals surface area contributed by atoms with E-state index in [9.17, 15) is 52.7 Å². The van der Waals surface area contributed by atoms with Crippen LogP contribution in [0.1, 0.15) is 0 Å². The lowest BCUT2D eigenvalue weighted by molar-refractivity contribution is 0.383. The highest BCUT2D eigenvalue weighted by Gasteiger charge is 2.45. The van der Waals surface area contributed by atoms with Crippen LogP contribution >= 0.6 is 0 Å². The summed E-state index contributed by atoms with van der Waals surface area (Å²) in [5, 5.41) is 3.00. The lowest BCUT2D eigenvalue weighted by atomic mass is 9.86. The van der Waals surface area contributed by atoms with Gasteiger partial charge in [-0.25, -0.2) is 87.8 Å². The van der Waals surface area contributed by atoms with Gasteiger partial charge in [0.2, 0.25) is 23.3 Å². The highest BCUT2D eigenvalue weighted by molar-refractivity contribution is 7.03. The maximum Gasteiger partial charge on any atom is 0.200 e. The van der Waals surface area contributed by atoms with Gasteiger partial charge in [-0.3, -0.25) is 0 Å². The van der Waals surface area contributed by atoms with E-state index < -0.39 is 169 Å². The molecular weight excluding hydrogens is 1500 g/mol. The summed E-state index contributed by atoms with van der Waals surface area (Å²) in [6.45, 7) is 12.0. The molecule has 0 aliphatic carbocycles. The summed E-state index contributed by atoms with van der Waals surface area (Å²) < 4.78 is 297. The van der Waals surface area contributed by atoms with Crippen molar-refractivity contribution in [2.45, 2.75) is 52.4 Å². The van der Waals surface area contributed by atoms with Gasteiger partial charge in [-0.2, -0.15) is 0 Å². The Hall–Kier alpha value is -10.4. The molecule has 0 N–H and O–H groups in total. The van der Waals surface area contributed by atoms with Gasteiger partial charge in [-0.05, 0) is 108 Å². The normalized spacial score (nSPS) is 12.3. The summed E-state index contributed by atoms with van der Waals surface area (Å²) in [6.07, 6.45) is 0. The van der Waals surface area contributed by atoms with Crippen LogP contribution in [-0.4, -0.2) is 32.3 Å². The third-order valence-corrected chi connectivity index (χ3v) is 34.6. The average Bonchev–Trinajstić information content (AvgIpc) is 0.717. The zero-order valence-electron chi connectivity index (χ0n) is 58.0. The maximum atomic E-state index is 15.4. The molecule has 0 aliphatic rings. The van der Waals surface area contributed by atoms with Gasteiger partial charge in [0.25, 0.3) is 0 Å². The van der Waals surface area contributed by atoms with Crippen molar-refractivity contribution in [1.82, 2.24) is 0 Å². The Morgan fingerprint density at radius 3 is 0.398 bits per heavy atom. The Labute approximate surface area is 608 Å². The molecular formula is C84H56F20Si4. The van der Waals surface area contributed by atoms with E-state index in [1.54, 1.807) is 194 Å². The minimum absolute atomic E-state index is 0.386. The Morgan fingerprint density at radius 2 is 0.259 bits per heavy atom. The van der Waals surface area contributed by atoms with Gasteiger partial charge >= 0.3 is 0 Å². The van der Waals surface area contributed by atoms with E-state index in [1.165, 1.54) is 52.4 Å². The molecule has 0 aliphatic heterocycles. The van der Waals surface area contributed by atoms with Crippen LogP contribution < -0.4 is 41.5 Å². The smallest absolute Gasteiger partial charge is 0.200 e. The first kappa shape index (κ1) is 75.8. The summed E-state index contributed by atoms with van der Waals surface area (Å²) in [5.41, 5.74) is 4.33. The van der Waals surface area contributed by atoms with Crippen LogP contribution in [0, 0.1) is 116 Å². The lowest BCUT2D eigenvalue weighted by Crippen LogP contribution is -2.57. The molecule has 0 amide bonds. The molecule has 0 radical (unpaired) electrons. The average molecular weight is 1560 g/mol. The second-order valence-corrected chi connectivity index (χ2v) is 45.3. The molecule has 0 saturated carbocycles. The van der Waals surface area contributed by atoms with Crippen LogP contribution in [-0.2, 0) is 0 Å². The van der Waals surface area contributed by atoms with Crippen molar-refractivity contribution < 1.29 is 87.8 Å². The number of rotatable bonds is 12. The van der Waals surface area contributed by atoms with Crippen molar-refractivity contribution in [1.29, 1.82) is 0 Å². The number of fused-ring (bicyclic) bond motifs is 4. The van der Waals surface area contributed by atoms with Crippen LogP contribution in [0.15, 0.2) is 194 Å². The molecule has 0 unspecified atom stereocenters. The first-order chi connectivity index (χ1) is 51.1. The van der Waals surface area contributed by atoms with E-state index >= 15 is 35.1 Å². The Bertz CT molecular complexity index is 5150. The van der Waals surface area contributed by atoms with Gasteiger partial charge in [0.1, 0.15) is 32.3 Å². The highest BCUT2D eigenvalue weighted by Crippen LogP contribution is 2.47. The molecule has 0 saturated heterocycles. The van der Waals surface area contributed by atoms with Gasteiger partial charge in [0.15, 0.2) is 93.1 Å². The van der Waals surface area contributed by atoms with Crippen LogP contribution in [0.25, 0.3) is 87.6 Å². The third kappa shape index (κ3) is 11.8. The van der Waals surface area contributed by atoms with Gasteiger partial charge in [0, 0.05) is 20.7 Å². The van der Waals surface area contributed by atoms with Gasteiger partial charge in [-0.1, -0.05) is 246 Å². The largest absolute Gasteiger partial charge is 0.204 e. The van der Waals surface area contributed by atoms with Crippen LogP contribution in [0.4, 0.5) is 87.8 Å². The number of hydrogen-bond donors (Lipinski definition) is 0. The van der Waals surface area contributed by atoms with Crippen molar-refractivity contribution in [2.24, 2.45) is 0 Å². The van der Waals surface area contributed by atoms with Crippen LogP contribution in [0.5, 0.6) is 0 Å². The molecule has 0 fully saturated rings. The zero-order chi connectivity index (χ0) is 78.0. The SMILES string of the molecule is C[Si](C)(c1ccccc1-c1c2ccccc2c(-c2ccccc2[Si](C)(C)c2c(F)c(F)c(F)c(F)c2F)c2ccccc12)c1c(F)c(F)c(F)c(F)c1F.C[Si](C)(c1ccccc1-c1c2ccccc2c(-c2ccccc2[Si](C)(C)c2c(F)c(F)c(F)c(F)c2F)c2ccccc12)c1c(F)c(F)c(F)c(F)c1F. The second kappa shape index (κ2) is 28.0. The lowest BCUT2D eigenvalue weighted by Gasteiger charge is -2.30. The molecule has 0 atom stereocenters. The maximum absolute atomic E-state index is 15.4. The molecule has 108 heavy (non-hydrogen) atoms. The fourth-order valence-electron chi connectivity index (χ4n) is 15.6. The van der Waals surface area contributed by atoms with Gasteiger partial charge in [-0.15, -0.1) is 0 Å². The molecule has 0 aromatic heterocycles. The number of benzene rings is 14. The topological polar surface area (TPSA) is 0 Å². The molecule has 14 rings (SSSR count). The van der Waals surface area contributed by atoms with E-state index in [4.69, 9.17) is 0 Å². The molecule has 0 spiro atoms. The van der Waals surface area contributed by atoms with Gasteiger partial charge < -0.3 is 0 Å². The third-order valence-electron chi connectivity index (χ3n) is 20.7. The molecule has 548 valence electrons. The van der Waals surface area contributed by atoms with Crippen molar-refractivity contribution in [3.05, 3.63) is 310 Å². The fraction of sp³-hybridized carbons (Fsp3) is 0.0952. The van der Waals surface area contributed by atoms with E-state index in [1.807, 2.05) is 0 Å². The molecule has 0 heterocycles. The van der Waals surface area contributed by atoms with E-state index in [-0.39, 0.29) is 0 Å². The second-order valence-electron chi connectivity index (χ2n) is 28.1. The van der Waals surface area contributed by atoms with Gasteiger partial charge in [0.05, 0.1) is 0 Å². The molecule has 24 heteroatoms. The highest BCUT2D eigenvalue weighted by atomic mass is 28.3. The van der Waals surface area contributed by atoms with E-state index in [0.29, 0.717) is 108 Å². The number of hydrogen-bond acceptors (Lipinski definition) is 0. The summed E-state index contributed by atoms with van der Waals surface area (Å²) >= 11 is 0. The monoisotopic (exact) mass is 1560 g/mol. The van der Waals surface area contributed by atoms with Crippen LogP contribution in [0.2, 0.25) is 52.4 Å². The Balaban J connectivity index is 0.000000190. The fourth-order valence-corrected chi connectivity index (χ4v) is 27.5. The Kier molecular flexibility index (Phi) is 19.6. The number of halogens is 20. The van der Waals surface area contributed by atoms with Crippen LogP contribution in [0.3, 0.4) is 0 Å². The van der Waals surface area contributed by atoms with Crippen molar-refractivity contribution in [3.8, 4) is 44.5 Å². The summed E-state index contributed by atoms with van der Waals surface area (Å²) in [7, 11) is -15.0. The first-order valence-corrected chi connectivity index (χ1v) is 45.4. The predicted octanol–water partition coefficient (Wildman–Crippen LogP) is 20.7. The minimum atomic E-state index is -3.76. The molecule has 0 nitrogen and oxygen atoms in total. The predicted molar refractivity (Wildman–Crippen MR) is 397 cm³/mol. The van der Waals surface area contributed by atoms with E-state index in [2.05, 4.69) is 0 Å². The summed E-state index contributed by atoms with van der Waals surface area (Å²) in [5.74, 6) is -40.3. The zero-order valence-corrected chi connectivity index (χ0v) is 62.0. The van der Waals surface area contributed by atoms with Crippen molar-refractivity contribution in [2.75, 3.05) is 0 Å². The van der Waals surface area contributed by atoms with Crippen molar-refractivity contribution >= 4 is 117 Å². The first-order valence-electron chi connectivity index (χ1n) is 33.4. The summed E-state index contributed by atoms with van der Waals surface area (Å²) in [6, 6.07) is 55.2.